The molecule has 4 heterocycles. The maximum absolute atomic E-state index is 14.5. The second-order valence-corrected chi connectivity index (χ2v) is 14.8. The van der Waals surface area contributed by atoms with Gasteiger partial charge in [0, 0.05) is 38.8 Å². The summed E-state index contributed by atoms with van der Waals surface area (Å²) >= 11 is 0. The van der Waals surface area contributed by atoms with Crippen LogP contribution < -0.4 is 10.6 Å². The van der Waals surface area contributed by atoms with Gasteiger partial charge in [0.05, 0.1) is 25.4 Å². The maximum Gasteiger partial charge on any atom is 0.327 e. The highest BCUT2D eigenvalue weighted by molar-refractivity contribution is 5.94. The number of nitrogens with one attached hydrogen (secondary N) is 2. The van der Waals surface area contributed by atoms with Crippen molar-refractivity contribution < 1.29 is 43.3 Å². The van der Waals surface area contributed by atoms with Gasteiger partial charge in [0.15, 0.2) is 11.8 Å². The van der Waals surface area contributed by atoms with E-state index in [0.717, 1.165) is 41.5 Å². The number of benzene rings is 2. The maximum atomic E-state index is 14.5. The van der Waals surface area contributed by atoms with Crippen molar-refractivity contribution in [1.82, 2.24) is 15.7 Å². The Balaban J connectivity index is 1.01. The molecule has 2 saturated carbocycles. The number of carbonyl (C=O) groups excluding carboxylic acids is 3. The largest absolute Gasteiger partial charge is 0.458 e. The lowest BCUT2D eigenvalue weighted by Crippen LogP contribution is -2.69. The fourth-order valence-corrected chi connectivity index (χ4v) is 9.36. The zero-order chi connectivity index (χ0) is 34.0. The van der Waals surface area contributed by atoms with Crippen molar-refractivity contribution in [3.63, 3.8) is 0 Å². The first kappa shape index (κ1) is 32.3. The highest BCUT2D eigenvalue weighted by atomic mass is 16.8. The molecule has 1 spiro atoms. The third-order valence-corrected chi connectivity index (χ3v) is 11.8. The summed E-state index contributed by atoms with van der Waals surface area (Å²) in [7, 11) is 0. The summed E-state index contributed by atoms with van der Waals surface area (Å²) < 4.78 is 25.4. The Bertz CT molecular complexity index is 1690. The molecule has 12 heteroatoms. The number of esters is 1. The molecule has 2 aromatic carbocycles. The molecule has 2 aromatic rings. The van der Waals surface area contributed by atoms with Crippen LogP contribution in [0.2, 0.25) is 0 Å². The number of hydrogen-bond donors (Lipinski definition) is 3. The number of aliphatic hydroxyl groups excluding tert-OH is 1. The van der Waals surface area contributed by atoms with Gasteiger partial charge in [-0.05, 0) is 47.4 Å². The van der Waals surface area contributed by atoms with Gasteiger partial charge < -0.3 is 34.7 Å². The zero-order valence-electron chi connectivity index (χ0n) is 27.8. The molecular formula is C38H43N3O9. The van der Waals surface area contributed by atoms with Gasteiger partial charge >= 0.3 is 5.97 Å². The summed E-state index contributed by atoms with van der Waals surface area (Å²) in [6, 6.07) is 15.1. The van der Waals surface area contributed by atoms with Gasteiger partial charge in [-0.3, -0.25) is 19.2 Å². The normalized spacial score (nSPS) is 35.7. The number of rotatable bonds is 10. The quantitative estimate of drug-likeness (QED) is 0.251. The number of carbonyl (C=O) groups is 3. The number of nitrogens with zero attached hydrogens (tertiary/aromatic N) is 1. The average molecular weight is 686 g/mol. The van der Waals surface area contributed by atoms with E-state index in [0.29, 0.717) is 31.0 Å². The standard InChI is InChI=1S/C38H43N3O9/c42-16-15-39-30(43)13-14-40-36(45)38-20-29-31-32(49-37(48-31)18-24-6-2-3-7-25(24)19-37)34(38)50-41(33(38)35(44)47-29)21-26-8-4-1-5-23(26)11-9-22-10-12-27-28(17-22)46-27/h1-9,11,22,27-29,31-34,42H,10,12-21H2,(H,39,43)(H,40,45)/t22?,27?,28?,29-,31+,32+,33+,34-,38+/m1/s1. The Morgan fingerprint density at radius 2 is 1.72 bits per heavy atom. The summed E-state index contributed by atoms with van der Waals surface area (Å²) in [5, 5.41) is 16.2. The lowest BCUT2D eigenvalue weighted by atomic mass is 9.62. The zero-order valence-corrected chi connectivity index (χ0v) is 27.8. The van der Waals surface area contributed by atoms with Crippen molar-refractivity contribution in [1.29, 1.82) is 0 Å². The molecule has 264 valence electrons. The lowest BCUT2D eigenvalue weighted by Gasteiger charge is -2.48. The van der Waals surface area contributed by atoms with Crippen molar-refractivity contribution >= 4 is 23.9 Å². The van der Waals surface area contributed by atoms with Crippen molar-refractivity contribution in [2.75, 3.05) is 19.7 Å². The second kappa shape index (κ2) is 12.5. The van der Waals surface area contributed by atoms with Crippen LogP contribution in [0.1, 0.15) is 54.4 Å². The monoisotopic (exact) mass is 685 g/mol. The van der Waals surface area contributed by atoms with E-state index in [4.69, 9.17) is 28.9 Å². The van der Waals surface area contributed by atoms with Crippen molar-refractivity contribution in [3.8, 4) is 0 Å². The Hall–Kier alpha value is -3.65. The van der Waals surface area contributed by atoms with Gasteiger partial charge in [0.2, 0.25) is 11.8 Å². The fraction of sp³-hybridized carbons (Fsp3) is 0.553. The van der Waals surface area contributed by atoms with Crippen molar-refractivity contribution in [2.45, 2.75) is 99.9 Å². The highest BCUT2D eigenvalue weighted by Crippen LogP contribution is 2.58. The number of fused-ring (bicyclic) bond motifs is 6. The minimum absolute atomic E-state index is 0.0247. The first-order chi connectivity index (χ1) is 24.4. The number of hydrogen-bond acceptors (Lipinski definition) is 10. The number of aliphatic hydroxyl groups is 1. The SMILES string of the molecule is O=C(CCNC(=O)[C@@]12C[C@H]3OC(=O)[C@@H]1N(Cc1ccccc1C=CC1CCC4OC4C1)O[C@@H]2[C@H]1OC2(Cc4ccccc4C2)O[C@H]13)NCCO. The number of hydroxylamine groups is 2. The summed E-state index contributed by atoms with van der Waals surface area (Å²) in [6.45, 7) is 0.264. The van der Waals surface area contributed by atoms with Crippen molar-refractivity contribution in [3.05, 3.63) is 76.9 Å². The summed E-state index contributed by atoms with van der Waals surface area (Å²) in [5.41, 5.74) is 2.92. The molecule has 2 amide bonds. The fourth-order valence-electron chi connectivity index (χ4n) is 9.36. The van der Waals surface area contributed by atoms with E-state index < -0.39 is 47.6 Å². The topological polar surface area (TPSA) is 148 Å². The molecule has 9 atom stereocenters. The Morgan fingerprint density at radius 3 is 2.52 bits per heavy atom. The average Bonchev–Trinajstić information content (AvgIpc) is 3.46. The molecule has 3 N–H and O–H groups in total. The van der Waals surface area contributed by atoms with Gasteiger partial charge in [-0.1, -0.05) is 60.7 Å². The van der Waals surface area contributed by atoms with Crippen LogP contribution in [0.25, 0.3) is 6.08 Å². The summed E-state index contributed by atoms with van der Waals surface area (Å²) in [6.07, 6.45) is 6.99. The number of ether oxygens (including phenoxy) is 4. The molecule has 0 radical (unpaired) electrons. The second-order valence-electron chi connectivity index (χ2n) is 14.8. The van der Waals surface area contributed by atoms with E-state index >= 15 is 0 Å². The number of amides is 2. The third-order valence-electron chi connectivity index (χ3n) is 11.8. The van der Waals surface area contributed by atoms with E-state index in [-0.39, 0.29) is 50.9 Å². The molecule has 6 fully saturated rings. The molecule has 2 bridgehead atoms. The van der Waals surface area contributed by atoms with E-state index in [9.17, 15) is 14.4 Å². The third kappa shape index (κ3) is 5.48. The van der Waals surface area contributed by atoms with Crippen LogP contribution in [0.15, 0.2) is 54.6 Å². The van der Waals surface area contributed by atoms with E-state index in [1.54, 1.807) is 5.06 Å². The first-order valence-corrected chi connectivity index (χ1v) is 18.0. The summed E-state index contributed by atoms with van der Waals surface area (Å²) in [5.74, 6) is -1.70. The predicted octanol–water partition coefficient (Wildman–Crippen LogP) is 1.96. The number of epoxide rings is 1. The van der Waals surface area contributed by atoms with Crippen LogP contribution in [-0.2, 0) is 57.6 Å². The van der Waals surface area contributed by atoms with Crippen LogP contribution in [0.3, 0.4) is 0 Å². The van der Waals surface area contributed by atoms with Crippen molar-refractivity contribution in [2.24, 2.45) is 11.3 Å². The molecular weight excluding hydrogens is 642 g/mol. The van der Waals surface area contributed by atoms with Crippen LogP contribution in [0, 0.1) is 11.3 Å². The Kier molecular flexibility index (Phi) is 8.09. The molecule has 4 saturated heterocycles. The highest BCUT2D eigenvalue weighted by Gasteiger charge is 2.76. The molecule has 0 aromatic heterocycles. The van der Waals surface area contributed by atoms with E-state index in [1.807, 2.05) is 30.3 Å². The van der Waals surface area contributed by atoms with Gasteiger partial charge in [-0.15, -0.1) is 0 Å². The van der Waals surface area contributed by atoms with Crippen LogP contribution >= 0.6 is 0 Å². The number of allylic oxidation sites excluding steroid dienone is 1. The molecule has 3 aliphatic carbocycles. The van der Waals surface area contributed by atoms with E-state index in [1.165, 1.54) is 0 Å². The Morgan fingerprint density at radius 1 is 0.940 bits per heavy atom. The van der Waals surface area contributed by atoms with Crippen LogP contribution in [-0.4, -0.2) is 96.1 Å². The molecule has 4 aliphatic heterocycles. The molecule has 7 aliphatic rings. The van der Waals surface area contributed by atoms with Gasteiger partial charge in [-0.25, -0.2) is 0 Å². The van der Waals surface area contributed by atoms with Crippen LogP contribution in [0.4, 0.5) is 0 Å². The van der Waals surface area contributed by atoms with Gasteiger partial charge in [0.1, 0.15) is 29.8 Å². The molecule has 9 rings (SSSR count). The molecule has 50 heavy (non-hydrogen) atoms. The van der Waals surface area contributed by atoms with E-state index in [2.05, 4.69) is 41.0 Å². The first-order valence-electron chi connectivity index (χ1n) is 18.0. The lowest BCUT2D eigenvalue weighted by molar-refractivity contribution is -0.217. The predicted molar refractivity (Wildman–Crippen MR) is 177 cm³/mol. The minimum atomic E-state index is -1.34. The summed E-state index contributed by atoms with van der Waals surface area (Å²) in [4.78, 5) is 47.6. The molecule has 12 nitrogen and oxygen atoms in total. The smallest absolute Gasteiger partial charge is 0.327 e. The van der Waals surface area contributed by atoms with Crippen LogP contribution in [0.5, 0.6) is 0 Å². The van der Waals surface area contributed by atoms with Gasteiger partial charge in [0.25, 0.3) is 0 Å². The van der Waals surface area contributed by atoms with Gasteiger partial charge in [-0.2, -0.15) is 5.06 Å². The molecule has 3 unspecified atom stereocenters. The Labute approximate surface area is 290 Å². The minimum Gasteiger partial charge on any atom is -0.458 e.